The van der Waals surface area contributed by atoms with Crippen LogP contribution in [0.25, 0.3) is 0 Å². The standard InChI is InChI=1S/C12H16O5/c13-6-3-7-16-8-9-17-11-5-2-1-4-10(11)12(14)15/h1-2,4-5,13H,3,6-9H2,(H,14,15). The minimum Gasteiger partial charge on any atom is -0.490 e. The number of aliphatic hydroxyl groups excluding tert-OH is 1. The fourth-order valence-corrected chi connectivity index (χ4v) is 1.25. The predicted octanol–water partition coefficient (Wildman–Crippen LogP) is 1.16. The summed E-state index contributed by atoms with van der Waals surface area (Å²) >= 11 is 0. The van der Waals surface area contributed by atoms with Gasteiger partial charge in [0, 0.05) is 13.2 Å². The van der Waals surface area contributed by atoms with Gasteiger partial charge >= 0.3 is 5.97 Å². The molecule has 0 aliphatic heterocycles. The van der Waals surface area contributed by atoms with Crippen molar-refractivity contribution in [2.75, 3.05) is 26.4 Å². The zero-order valence-corrected chi connectivity index (χ0v) is 9.46. The fourth-order valence-electron chi connectivity index (χ4n) is 1.25. The average Bonchev–Trinajstić information content (AvgIpc) is 2.34. The normalized spacial score (nSPS) is 10.2. The summed E-state index contributed by atoms with van der Waals surface area (Å²) < 4.78 is 10.5. The first-order chi connectivity index (χ1) is 8.25. The Bertz CT molecular complexity index is 351. The van der Waals surface area contributed by atoms with Crippen LogP contribution in [0.15, 0.2) is 24.3 Å². The number of para-hydroxylation sites is 1. The largest absolute Gasteiger partial charge is 0.490 e. The number of ether oxygens (including phenoxy) is 2. The minimum absolute atomic E-state index is 0.0999. The number of aromatic carboxylic acids is 1. The van der Waals surface area contributed by atoms with Crippen molar-refractivity contribution in [3.05, 3.63) is 29.8 Å². The van der Waals surface area contributed by atoms with Crippen molar-refractivity contribution in [1.82, 2.24) is 0 Å². The fraction of sp³-hybridized carbons (Fsp3) is 0.417. The lowest BCUT2D eigenvalue weighted by Crippen LogP contribution is -2.10. The second kappa shape index (κ2) is 7.65. The summed E-state index contributed by atoms with van der Waals surface area (Å²) in [6.45, 7) is 1.23. The third kappa shape index (κ3) is 4.84. The second-order valence-electron chi connectivity index (χ2n) is 3.34. The monoisotopic (exact) mass is 240 g/mol. The van der Waals surface area contributed by atoms with Gasteiger partial charge in [-0.1, -0.05) is 12.1 Å². The Morgan fingerprint density at radius 1 is 1.18 bits per heavy atom. The van der Waals surface area contributed by atoms with Gasteiger partial charge in [0.2, 0.25) is 0 Å². The molecule has 0 unspecified atom stereocenters. The van der Waals surface area contributed by atoms with E-state index in [0.717, 1.165) is 0 Å². The van der Waals surface area contributed by atoms with Crippen LogP contribution in [0.2, 0.25) is 0 Å². The molecule has 0 aliphatic rings. The van der Waals surface area contributed by atoms with Gasteiger partial charge in [-0.15, -0.1) is 0 Å². The van der Waals surface area contributed by atoms with Crippen molar-refractivity contribution < 1.29 is 24.5 Å². The van der Waals surface area contributed by atoms with Gasteiger partial charge in [0.25, 0.3) is 0 Å². The molecule has 0 heterocycles. The minimum atomic E-state index is -1.01. The molecule has 1 rings (SSSR count). The number of hydrogen-bond donors (Lipinski definition) is 2. The number of carboxylic acid groups (broad SMARTS) is 1. The number of rotatable bonds is 8. The molecular formula is C12H16O5. The molecule has 5 heteroatoms. The van der Waals surface area contributed by atoms with Crippen molar-refractivity contribution in [1.29, 1.82) is 0 Å². The van der Waals surface area contributed by atoms with Crippen molar-refractivity contribution >= 4 is 5.97 Å². The Morgan fingerprint density at radius 3 is 2.65 bits per heavy atom. The maximum atomic E-state index is 10.9. The van der Waals surface area contributed by atoms with Crippen LogP contribution in [-0.4, -0.2) is 42.6 Å². The molecule has 0 fully saturated rings. The summed E-state index contributed by atoms with van der Waals surface area (Å²) in [6, 6.07) is 6.46. The van der Waals surface area contributed by atoms with Crippen LogP contribution < -0.4 is 4.74 Å². The van der Waals surface area contributed by atoms with E-state index in [1.807, 2.05) is 0 Å². The number of carboxylic acids is 1. The van der Waals surface area contributed by atoms with E-state index >= 15 is 0 Å². The molecule has 0 amide bonds. The first-order valence-corrected chi connectivity index (χ1v) is 5.39. The molecule has 1 aromatic rings. The molecule has 0 saturated heterocycles. The van der Waals surface area contributed by atoms with E-state index < -0.39 is 5.97 Å². The summed E-state index contributed by atoms with van der Waals surface area (Å²) in [5, 5.41) is 17.4. The SMILES string of the molecule is O=C(O)c1ccccc1OCCOCCCO. The Balaban J connectivity index is 2.34. The van der Waals surface area contributed by atoms with Gasteiger partial charge in [0.05, 0.1) is 6.61 Å². The van der Waals surface area contributed by atoms with E-state index in [4.69, 9.17) is 19.7 Å². The van der Waals surface area contributed by atoms with E-state index in [-0.39, 0.29) is 18.8 Å². The van der Waals surface area contributed by atoms with Crippen LogP contribution in [-0.2, 0) is 4.74 Å². The van der Waals surface area contributed by atoms with Gasteiger partial charge in [-0.25, -0.2) is 4.79 Å². The number of benzene rings is 1. The zero-order valence-electron chi connectivity index (χ0n) is 9.46. The van der Waals surface area contributed by atoms with Crippen molar-refractivity contribution in [2.45, 2.75) is 6.42 Å². The molecule has 0 aliphatic carbocycles. The second-order valence-corrected chi connectivity index (χ2v) is 3.34. The Morgan fingerprint density at radius 2 is 1.94 bits per heavy atom. The molecule has 0 spiro atoms. The van der Waals surface area contributed by atoms with Crippen molar-refractivity contribution in [3.8, 4) is 5.75 Å². The van der Waals surface area contributed by atoms with Crippen LogP contribution in [0.1, 0.15) is 16.8 Å². The summed E-state index contributed by atoms with van der Waals surface area (Å²) in [6.07, 6.45) is 0.589. The summed E-state index contributed by atoms with van der Waals surface area (Å²) in [7, 11) is 0. The molecule has 0 radical (unpaired) electrons. The van der Waals surface area contributed by atoms with Gasteiger partial charge in [-0.05, 0) is 18.6 Å². The molecule has 0 bridgehead atoms. The van der Waals surface area contributed by atoms with Crippen LogP contribution >= 0.6 is 0 Å². The molecule has 94 valence electrons. The quantitative estimate of drug-likeness (QED) is 0.667. The van der Waals surface area contributed by atoms with Crippen molar-refractivity contribution in [2.24, 2.45) is 0 Å². The van der Waals surface area contributed by atoms with E-state index in [1.54, 1.807) is 18.2 Å². The maximum absolute atomic E-state index is 10.9. The first kappa shape index (κ1) is 13.5. The third-order valence-electron chi connectivity index (χ3n) is 2.05. The van der Waals surface area contributed by atoms with Gasteiger partial charge in [0.1, 0.15) is 17.9 Å². The van der Waals surface area contributed by atoms with E-state index in [0.29, 0.717) is 25.4 Å². The molecule has 2 N–H and O–H groups in total. The number of aliphatic hydroxyl groups is 1. The summed E-state index contributed by atoms with van der Waals surface area (Å²) in [5.74, 6) is -0.674. The van der Waals surface area contributed by atoms with E-state index in [1.165, 1.54) is 6.07 Å². The van der Waals surface area contributed by atoms with Gasteiger partial charge in [-0.2, -0.15) is 0 Å². The first-order valence-electron chi connectivity index (χ1n) is 5.39. The summed E-state index contributed by atoms with van der Waals surface area (Å²) in [5.41, 5.74) is 0.142. The van der Waals surface area contributed by atoms with Gasteiger partial charge in [-0.3, -0.25) is 0 Å². The van der Waals surface area contributed by atoms with Gasteiger partial charge in [0.15, 0.2) is 0 Å². The average molecular weight is 240 g/mol. The highest BCUT2D eigenvalue weighted by Crippen LogP contribution is 2.17. The highest BCUT2D eigenvalue weighted by atomic mass is 16.5. The Kier molecular flexibility index (Phi) is 6.06. The lowest BCUT2D eigenvalue weighted by molar-refractivity contribution is 0.0681. The third-order valence-corrected chi connectivity index (χ3v) is 2.05. The van der Waals surface area contributed by atoms with Crippen LogP contribution in [0.3, 0.4) is 0 Å². The van der Waals surface area contributed by atoms with E-state index in [9.17, 15) is 4.79 Å². The molecule has 1 aromatic carbocycles. The molecule has 0 atom stereocenters. The Hall–Kier alpha value is -1.59. The lowest BCUT2D eigenvalue weighted by Gasteiger charge is -2.09. The molecular weight excluding hydrogens is 224 g/mol. The highest BCUT2D eigenvalue weighted by Gasteiger charge is 2.09. The Labute approximate surface area is 99.6 Å². The highest BCUT2D eigenvalue weighted by molar-refractivity contribution is 5.90. The smallest absolute Gasteiger partial charge is 0.339 e. The van der Waals surface area contributed by atoms with Crippen LogP contribution in [0.4, 0.5) is 0 Å². The zero-order chi connectivity index (χ0) is 12.5. The van der Waals surface area contributed by atoms with Crippen molar-refractivity contribution in [3.63, 3.8) is 0 Å². The molecule has 5 nitrogen and oxygen atoms in total. The molecule has 17 heavy (non-hydrogen) atoms. The molecule has 0 aromatic heterocycles. The maximum Gasteiger partial charge on any atom is 0.339 e. The topological polar surface area (TPSA) is 76.0 Å². The molecule has 0 saturated carbocycles. The lowest BCUT2D eigenvalue weighted by atomic mass is 10.2. The summed E-state index contributed by atoms with van der Waals surface area (Å²) in [4.78, 5) is 10.9. The van der Waals surface area contributed by atoms with Crippen LogP contribution in [0, 0.1) is 0 Å². The van der Waals surface area contributed by atoms with E-state index in [2.05, 4.69) is 0 Å². The number of hydrogen-bond acceptors (Lipinski definition) is 4. The number of carbonyl (C=O) groups is 1. The predicted molar refractivity (Wildman–Crippen MR) is 61.4 cm³/mol. The van der Waals surface area contributed by atoms with Gasteiger partial charge < -0.3 is 19.7 Å². The van der Waals surface area contributed by atoms with Crippen LogP contribution in [0.5, 0.6) is 5.75 Å².